The van der Waals surface area contributed by atoms with Gasteiger partial charge in [-0.05, 0) is 37.3 Å². The number of carbonyl (C=O) groups is 2. The van der Waals surface area contributed by atoms with Crippen LogP contribution in [0.5, 0.6) is 5.75 Å². The molecule has 1 unspecified atom stereocenters. The molecule has 0 bridgehead atoms. The van der Waals surface area contributed by atoms with E-state index in [-0.39, 0.29) is 10.6 Å². The Labute approximate surface area is 178 Å². The third kappa shape index (κ3) is 5.15. The van der Waals surface area contributed by atoms with Crippen molar-refractivity contribution in [2.45, 2.75) is 13.0 Å². The van der Waals surface area contributed by atoms with Crippen molar-refractivity contribution < 1.29 is 23.5 Å². The van der Waals surface area contributed by atoms with Gasteiger partial charge in [0.15, 0.2) is 0 Å². The van der Waals surface area contributed by atoms with Gasteiger partial charge in [0.2, 0.25) is 6.10 Å². The number of para-hydroxylation sites is 2. The number of carbonyl (C=O) groups excluding carboxylic acids is 2. The molecule has 30 heavy (non-hydrogen) atoms. The molecule has 5 nitrogen and oxygen atoms in total. The molecule has 0 aliphatic rings. The Hall–Kier alpha value is -3.38. The van der Waals surface area contributed by atoms with Crippen LogP contribution >= 0.6 is 11.6 Å². The van der Waals surface area contributed by atoms with Crippen molar-refractivity contribution >= 4 is 29.2 Å². The van der Waals surface area contributed by atoms with Crippen LogP contribution in [-0.4, -0.2) is 18.5 Å². The predicted octanol–water partition coefficient (Wildman–Crippen LogP) is 5.41. The second kappa shape index (κ2) is 9.89. The number of rotatable bonds is 7. The molecule has 154 valence electrons. The van der Waals surface area contributed by atoms with E-state index in [9.17, 15) is 14.0 Å². The number of benzene rings is 3. The summed E-state index contributed by atoms with van der Waals surface area (Å²) in [5.74, 6) is -1.93. The summed E-state index contributed by atoms with van der Waals surface area (Å²) in [5.41, 5.74) is 0.550. The zero-order valence-corrected chi connectivity index (χ0v) is 16.9. The van der Waals surface area contributed by atoms with Gasteiger partial charge in [0.05, 0.1) is 17.9 Å². The maximum atomic E-state index is 14.1. The second-order valence-electron chi connectivity index (χ2n) is 6.24. The van der Waals surface area contributed by atoms with Gasteiger partial charge in [0.25, 0.3) is 5.91 Å². The lowest BCUT2D eigenvalue weighted by Gasteiger charge is -2.19. The second-order valence-corrected chi connectivity index (χ2v) is 6.68. The minimum Gasteiger partial charge on any atom is -0.492 e. The van der Waals surface area contributed by atoms with E-state index in [1.54, 1.807) is 54.6 Å². The monoisotopic (exact) mass is 427 g/mol. The Balaban J connectivity index is 1.88. The average molecular weight is 428 g/mol. The van der Waals surface area contributed by atoms with Crippen LogP contribution in [0.25, 0.3) is 0 Å². The fourth-order valence-electron chi connectivity index (χ4n) is 2.78. The van der Waals surface area contributed by atoms with Gasteiger partial charge in [-0.25, -0.2) is 9.18 Å². The molecular formula is C23H19ClFNO4. The first-order valence-electron chi connectivity index (χ1n) is 9.23. The maximum absolute atomic E-state index is 14.1. The number of nitrogens with one attached hydrogen (secondary N) is 1. The van der Waals surface area contributed by atoms with Crippen molar-refractivity contribution in [2.24, 2.45) is 0 Å². The molecule has 1 amide bonds. The molecule has 1 N–H and O–H groups in total. The Morgan fingerprint density at radius 2 is 1.73 bits per heavy atom. The summed E-state index contributed by atoms with van der Waals surface area (Å²) >= 11 is 5.74. The quantitative estimate of drug-likeness (QED) is 0.512. The highest BCUT2D eigenvalue weighted by atomic mass is 35.5. The molecule has 0 aromatic heterocycles. The molecule has 7 heteroatoms. The van der Waals surface area contributed by atoms with Crippen LogP contribution in [-0.2, 0) is 9.53 Å². The molecule has 3 aromatic rings. The highest BCUT2D eigenvalue weighted by Crippen LogP contribution is 2.27. The summed E-state index contributed by atoms with van der Waals surface area (Å²) in [6.07, 6.45) is -1.30. The third-order valence-electron chi connectivity index (χ3n) is 4.16. The Bertz CT molecular complexity index is 1040. The normalized spacial score (nSPS) is 11.4. The van der Waals surface area contributed by atoms with Gasteiger partial charge < -0.3 is 14.8 Å². The minimum atomic E-state index is -1.30. The van der Waals surface area contributed by atoms with E-state index < -0.39 is 23.8 Å². The number of hydrogen-bond acceptors (Lipinski definition) is 4. The summed E-state index contributed by atoms with van der Waals surface area (Å²) in [6, 6.07) is 19.0. The molecule has 3 aromatic carbocycles. The highest BCUT2D eigenvalue weighted by Gasteiger charge is 2.27. The standard InChI is InChI=1S/C23H19ClFNO4/c1-2-29-20-11-7-6-10-19(20)26-22(27)21(15-8-4-3-5-9-15)30-23(28)17-13-12-16(24)14-18(17)25/h3-14,21H,2H2,1H3,(H,26,27). The number of halogens is 2. The van der Waals surface area contributed by atoms with Crippen molar-refractivity contribution in [2.75, 3.05) is 11.9 Å². The topological polar surface area (TPSA) is 64.6 Å². The summed E-state index contributed by atoms with van der Waals surface area (Å²) in [4.78, 5) is 25.6. The summed E-state index contributed by atoms with van der Waals surface area (Å²) < 4.78 is 25.1. The van der Waals surface area contributed by atoms with Crippen LogP contribution in [0, 0.1) is 5.82 Å². The summed E-state index contributed by atoms with van der Waals surface area (Å²) in [7, 11) is 0. The van der Waals surface area contributed by atoms with E-state index in [0.29, 0.717) is 23.6 Å². The Kier molecular flexibility index (Phi) is 7.03. The first-order valence-corrected chi connectivity index (χ1v) is 9.61. The van der Waals surface area contributed by atoms with Gasteiger partial charge in [-0.15, -0.1) is 0 Å². The van der Waals surface area contributed by atoms with Crippen LogP contribution in [0.1, 0.15) is 28.9 Å². The number of hydrogen-bond donors (Lipinski definition) is 1. The van der Waals surface area contributed by atoms with Crippen LogP contribution in [0.4, 0.5) is 10.1 Å². The fraction of sp³-hybridized carbons (Fsp3) is 0.130. The smallest absolute Gasteiger partial charge is 0.342 e. The molecular weight excluding hydrogens is 409 g/mol. The van der Waals surface area contributed by atoms with Gasteiger partial charge in [0, 0.05) is 10.6 Å². The van der Waals surface area contributed by atoms with Crippen LogP contribution < -0.4 is 10.1 Å². The van der Waals surface area contributed by atoms with Gasteiger partial charge in [-0.1, -0.05) is 54.1 Å². The molecule has 0 aliphatic carbocycles. The lowest BCUT2D eigenvalue weighted by molar-refractivity contribution is -0.125. The molecule has 0 fully saturated rings. The molecule has 3 rings (SSSR count). The SMILES string of the molecule is CCOc1ccccc1NC(=O)C(OC(=O)c1ccc(Cl)cc1F)c1ccccc1. The van der Waals surface area contributed by atoms with Crippen molar-refractivity contribution in [1.29, 1.82) is 0 Å². The largest absolute Gasteiger partial charge is 0.492 e. The molecule has 0 saturated carbocycles. The molecule has 1 atom stereocenters. The number of anilines is 1. The third-order valence-corrected chi connectivity index (χ3v) is 4.40. The lowest BCUT2D eigenvalue weighted by atomic mass is 10.1. The van der Waals surface area contributed by atoms with Gasteiger partial charge >= 0.3 is 5.97 Å². The lowest BCUT2D eigenvalue weighted by Crippen LogP contribution is -2.26. The zero-order chi connectivity index (χ0) is 21.5. The molecule has 0 spiro atoms. The van der Waals surface area contributed by atoms with Gasteiger partial charge in [-0.2, -0.15) is 0 Å². The molecule has 0 aliphatic heterocycles. The van der Waals surface area contributed by atoms with Crippen molar-refractivity contribution in [3.63, 3.8) is 0 Å². The van der Waals surface area contributed by atoms with E-state index >= 15 is 0 Å². The predicted molar refractivity (Wildman–Crippen MR) is 112 cm³/mol. The first-order chi connectivity index (χ1) is 14.5. The summed E-state index contributed by atoms with van der Waals surface area (Å²) in [6.45, 7) is 2.24. The molecule has 0 radical (unpaired) electrons. The van der Waals surface area contributed by atoms with Crippen molar-refractivity contribution in [1.82, 2.24) is 0 Å². The fourth-order valence-corrected chi connectivity index (χ4v) is 2.93. The Morgan fingerprint density at radius 1 is 1.03 bits per heavy atom. The maximum Gasteiger partial charge on any atom is 0.342 e. The molecule has 0 saturated heterocycles. The molecule has 0 heterocycles. The first kappa shape index (κ1) is 21.3. The average Bonchev–Trinajstić information content (AvgIpc) is 2.74. The van der Waals surface area contributed by atoms with Crippen LogP contribution in [0.2, 0.25) is 5.02 Å². The number of amides is 1. The Morgan fingerprint density at radius 3 is 2.43 bits per heavy atom. The van der Waals surface area contributed by atoms with E-state index in [1.165, 1.54) is 12.1 Å². The van der Waals surface area contributed by atoms with E-state index in [4.69, 9.17) is 21.1 Å². The van der Waals surface area contributed by atoms with E-state index in [0.717, 1.165) is 6.07 Å². The highest BCUT2D eigenvalue weighted by molar-refractivity contribution is 6.30. The van der Waals surface area contributed by atoms with E-state index in [1.807, 2.05) is 6.92 Å². The zero-order valence-electron chi connectivity index (χ0n) is 16.1. The number of ether oxygens (including phenoxy) is 2. The van der Waals surface area contributed by atoms with Gasteiger partial charge in [-0.3, -0.25) is 4.79 Å². The number of esters is 1. The van der Waals surface area contributed by atoms with Gasteiger partial charge in [0.1, 0.15) is 11.6 Å². The van der Waals surface area contributed by atoms with E-state index in [2.05, 4.69) is 5.32 Å². The van der Waals surface area contributed by atoms with Crippen LogP contribution in [0.15, 0.2) is 72.8 Å². The summed E-state index contributed by atoms with van der Waals surface area (Å²) in [5, 5.41) is 2.87. The van der Waals surface area contributed by atoms with Crippen molar-refractivity contribution in [3.05, 3.63) is 94.8 Å². The minimum absolute atomic E-state index is 0.147. The van der Waals surface area contributed by atoms with Crippen LogP contribution in [0.3, 0.4) is 0 Å². The van der Waals surface area contributed by atoms with Crippen molar-refractivity contribution in [3.8, 4) is 5.75 Å².